The number of sulfonamides is 1. The Hall–Kier alpha value is -2.43. The Morgan fingerprint density at radius 3 is 2.48 bits per heavy atom. The van der Waals surface area contributed by atoms with Gasteiger partial charge in [-0.05, 0) is 46.8 Å². The van der Waals surface area contributed by atoms with Crippen LogP contribution in [-0.4, -0.2) is 41.0 Å². The summed E-state index contributed by atoms with van der Waals surface area (Å²) in [5.41, 5.74) is 0.884. The number of nitrogens with two attached hydrogens (primary N) is 1. The molecule has 3 rings (SSSR count). The van der Waals surface area contributed by atoms with Crippen molar-refractivity contribution in [2.45, 2.75) is 10.1 Å². The lowest BCUT2D eigenvalue weighted by Crippen LogP contribution is -2.11. The van der Waals surface area contributed by atoms with E-state index in [0.717, 1.165) is 5.69 Å². The third kappa shape index (κ3) is 4.56. The molecule has 1 aromatic heterocycles. The molecule has 0 spiro atoms. The highest BCUT2D eigenvalue weighted by atomic mass is 32.2. The number of benzene rings is 2. The molecule has 0 fully saturated rings. The molecule has 0 saturated heterocycles. The minimum absolute atomic E-state index is 0.0521. The first-order valence-electron chi connectivity index (χ1n) is 7.26. The Labute approximate surface area is 149 Å². The van der Waals surface area contributed by atoms with Crippen LogP contribution in [0.5, 0.6) is 5.75 Å². The van der Waals surface area contributed by atoms with Crippen LogP contribution in [0, 0.1) is 0 Å². The van der Waals surface area contributed by atoms with Crippen LogP contribution >= 0.6 is 11.8 Å². The summed E-state index contributed by atoms with van der Waals surface area (Å²) in [7, 11) is -3.69. The highest BCUT2D eigenvalue weighted by Gasteiger charge is 2.09. The molecule has 2 N–H and O–H groups in total. The summed E-state index contributed by atoms with van der Waals surface area (Å²) >= 11 is 1.46. The van der Waals surface area contributed by atoms with Crippen LogP contribution in [0.3, 0.4) is 0 Å². The quantitative estimate of drug-likeness (QED) is 0.490. The second-order valence-electron chi connectivity index (χ2n) is 4.92. The van der Waals surface area contributed by atoms with Crippen LogP contribution in [0.15, 0.2) is 64.6 Å². The molecule has 0 amide bonds. The molecule has 0 atom stereocenters. The number of thioether (sulfide) groups is 1. The van der Waals surface area contributed by atoms with Crippen molar-refractivity contribution in [3.8, 4) is 11.4 Å². The molecule has 25 heavy (non-hydrogen) atoms. The highest BCUT2D eigenvalue weighted by Crippen LogP contribution is 2.19. The topological polar surface area (TPSA) is 113 Å². The number of primary sulfonamides is 1. The fraction of sp³-hybridized carbons (Fsp3) is 0.133. The fourth-order valence-corrected chi connectivity index (χ4v) is 3.24. The minimum atomic E-state index is -3.69. The monoisotopic (exact) mass is 377 g/mol. The molecule has 10 heteroatoms. The summed E-state index contributed by atoms with van der Waals surface area (Å²) in [5, 5.41) is 17.4. The number of hydrogen-bond acceptors (Lipinski definition) is 7. The van der Waals surface area contributed by atoms with Crippen LogP contribution in [0.25, 0.3) is 5.69 Å². The molecular weight excluding hydrogens is 362 g/mol. The van der Waals surface area contributed by atoms with Crippen molar-refractivity contribution in [3.05, 3.63) is 54.6 Å². The first kappa shape index (κ1) is 17.4. The summed E-state index contributed by atoms with van der Waals surface area (Å²) in [5.74, 6) is 1.19. The summed E-state index contributed by atoms with van der Waals surface area (Å²) in [6.07, 6.45) is 0. The van der Waals surface area contributed by atoms with E-state index in [-0.39, 0.29) is 4.90 Å². The van der Waals surface area contributed by atoms with Gasteiger partial charge in [0.15, 0.2) is 0 Å². The standard InChI is InChI=1S/C15H15N5O3S2/c16-25(21,22)14-8-6-13(7-9-14)23-10-11-24-15-17-18-19-20(15)12-4-2-1-3-5-12/h1-9H,10-11H2,(H2,16,21,22). The number of aromatic nitrogens is 4. The molecule has 130 valence electrons. The number of ether oxygens (including phenoxy) is 1. The third-order valence-electron chi connectivity index (χ3n) is 3.18. The van der Waals surface area contributed by atoms with E-state index < -0.39 is 10.0 Å². The van der Waals surface area contributed by atoms with Crippen LogP contribution < -0.4 is 9.88 Å². The summed E-state index contributed by atoms with van der Waals surface area (Å²) in [6.45, 7) is 0.418. The molecule has 0 saturated carbocycles. The lowest BCUT2D eigenvalue weighted by atomic mass is 10.3. The van der Waals surface area contributed by atoms with E-state index in [1.54, 1.807) is 16.8 Å². The lowest BCUT2D eigenvalue weighted by molar-refractivity contribution is 0.343. The molecular formula is C15H15N5O3S2. The zero-order valence-corrected chi connectivity index (χ0v) is 14.7. The largest absolute Gasteiger partial charge is 0.493 e. The van der Waals surface area contributed by atoms with E-state index in [1.807, 2.05) is 30.3 Å². The van der Waals surface area contributed by atoms with Crippen molar-refractivity contribution in [2.75, 3.05) is 12.4 Å². The summed E-state index contributed by atoms with van der Waals surface area (Å²) in [4.78, 5) is 0.0521. The predicted octanol–water partition coefficient (Wildman–Crippen LogP) is 1.48. The van der Waals surface area contributed by atoms with Gasteiger partial charge in [0.2, 0.25) is 15.2 Å². The first-order valence-corrected chi connectivity index (χ1v) is 9.79. The van der Waals surface area contributed by atoms with Crippen LogP contribution in [0.2, 0.25) is 0 Å². The molecule has 8 nitrogen and oxygen atoms in total. The molecule has 0 bridgehead atoms. The smallest absolute Gasteiger partial charge is 0.238 e. The molecule has 2 aromatic carbocycles. The van der Waals surface area contributed by atoms with Crippen molar-refractivity contribution in [3.63, 3.8) is 0 Å². The molecule has 0 radical (unpaired) electrons. The van der Waals surface area contributed by atoms with E-state index in [9.17, 15) is 8.42 Å². The normalized spacial score (nSPS) is 11.4. The highest BCUT2D eigenvalue weighted by molar-refractivity contribution is 7.99. The van der Waals surface area contributed by atoms with Crippen LogP contribution in [0.4, 0.5) is 0 Å². The summed E-state index contributed by atoms with van der Waals surface area (Å²) in [6, 6.07) is 15.6. The minimum Gasteiger partial charge on any atom is -0.493 e. The maximum Gasteiger partial charge on any atom is 0.238 e. The van der Waals surface area contributed by atoms with Gasteiger partial charge < -0.3 is 4.74 Å². The number of nitrogens with zero attached hydrogens (tertiary/aromatic N) is 4. The fourth-order valence-electron chi connectivity index (χ4n) is 2.02. The molecule has 0 unspecified atom stereocenters. The van der Waals surface area contributed by atoms with Crippen LogP contribution in [-0.2, 0) is 10.0 Å². The molecule has 0 aliphatic carbocycles. The molecule has 1 heterocycles. The van der Waals surface area contributed by atoms with E-state index in [4.69, 9.17) is 9.88 Å². The van der Waals surface area contributed by atoms with Crippen molar-refractivity contribution in [1.29, 1.82) is 0 Å². The Morgan fingerprint density at radius 1 is 1.08 bits per heavy atom. The number of tetrazole rings is 1. The maximum atomic E-state index is 11.2. The Morgan fingerprint density at radius 2 is 1.80 bits per heavy atom. The van der Waals surface area contributed by atoms with Gasteiger partial charge in [-0.15, -0.1) is 5.10 Å². The number of para-hydroxylation sites is 1. The number of hydrogen-bond donors (Lipinski definition) is 1. The van der Waals surface area contributed by atoms with Crippen molar-refractivity contribution in [1.82, 2.24) is 20.2 Å². The van der Waals surface area contributed by atoms with Gasteiger partial charge in [-0.1, -0.05) is 30.0 Å². The van der Waals surface area contributed by atoms with Crippen molar-refractivity contribution in [2.24, 2.45) is 5.14 Å². The number of rotatable bonds is 7. The molecule has 0 aliphatic rings. The molecule has 0 aliphatic heterocycles. The second kappa shape index (κ2) is 7.64. The Balaban J connectivity index is 1.54. The summed E-state index contributed by atoms with van der Waals surface area (Å²) < 4.78 is 29.6. The molecule has 3 aromatic rings. The van der Waals surface area contributed by atoms with Gasteiger partial charge in [-0.25, -0.2) is 13.6 Å². The second-order valence-corrected chi connectivity index (χ2v) is 7.55. The van der Waals surface area contributed by atoms with E-state index >= 15 is 0 Å². The lowest BCUT2D eigenvalue weighted by Gasteiger charge is -2.07. The first-order chi connectivity index (χ1) is 12.0. The van der Waals surface area contributed by atoms with Gasteiger partial charge in [0.25, 0.3) is 0 Å². The Bertz CT molecular complexity index is 927. The van der Waals surface area contributed by atoms with Gasteiger partial charge in [0.1, 0.15) is 5.75 Å². The van der Waals surface area contributed by atoms with E-state index in [0.29, 0.717) is 23.3 Å². The zero-order valence-electron chi connectivity index (χ0n) is 13.0. The Kier molecular flexibility index (Phi) is 5.31. The van der Waals surface area contributed by atoms with Crippen molar-refractivity contribution < 1.29 is 13.2 Å². The maximum absolute atomic E-state index is 11.2. The predicted molar refractivity (Wildman–Crippen MR) is 93.2 cm³/mol. The third-order valence-corrected chi connectivity index (χ3v) is 4.99. The van der Waals surface area contributed by atoms with Gasteiger partial charge in [0, 0.05) is 5.75 Å². The van der Waals surface area contributed by atoms with E-state index in [1.165, 1.54) is 23.9 Å². The van der Waals surface area contributed by atoms with Gasteiger partial charge in [-0.3, -0.25) is 0 Å². The van der Waals surface area contributed by atoms with Gasteiger partial charge in [-0.2, -0.15) is 4.68 Å². The van der Waals surface area contributed by atoms with Gasteiger partial charge in [0.05, 0.1) is 17.2 Å². The zero-order chi connectivity index (χ0) is 17.7. The van der Waals surface area contributed by atoms with Gasteiger partial charge >= 0.3 is 0 Å². The van der Waals surface area contributed by atoms with Crippen LogP contribution in [0.1, 0.15) is 0 Å². The van der Waals surface area contributed by atoms with Crippen molar-refractivity contribution >= 4 is 21.8 Å². The average molecular weight is 377 g/mol. The SMILES string of the molecule is NS(=O)(=O)c1ccc(OCCSc2nnnn2-c2ccccc2)cc1. The average Bonchev–Trinajstić information content (AvgIpc) is 3.08. The van der Waals surface area contributed by atoms with E-state index in [2.05, 4.69) is 15.5 Å².